The zero-order chi connectivity index (χ0) is 25.1. The Bertz CT molecular complexity index is 949. The summed E-state index contributed by atoms with van der Waals surface area (Å²) in [5.74, 6) is -1.18. The van der Waals surface area contributed by atoms with Crippen molar-refractivity contribution < 1.29 is 29.3 Å². The van der Waals surface area contributed by atoms with Crippen molar-refractivity contribution in [3.8, 4) is 0 Å². The van der Waals surface area contributed by atoms with Crippen LogP contribution >= 0.6 is 0 Å². The summed E-state index contributed by atoms with van der Waals surface area (Å²) in [6, 6.07) is 0. The van der Waals surface area contributed by atoms with Gasteiger partial charge in [-0.25, -0.2) is 0 Å². The van der Waals surface area contributed by atoms with Gasteiger partial charge in [-0.2, -0.15) is 0 Å². The highest BCUT2D eigenvalue weighted by Crippen LogP contribution is 2.67. The van der Waals surface area contributed by atoms with E-state index in [0.717, 1.165) is 24.8 Å². The maximum Gasteiger partial charge on any atom is 0.326 e. The number of rotatable bonds is 5. The molecule has 34 heavy (non-hydrogen) atoms. The molecule has 0 bridgehead atoms. The van der Waals surface area contributed by atoms with Crippen molar-refractivity contribution in [2.45, 2.75) is 70.5 Å². The number of hydrogen-bond donors (Lipinski definition) is 4. The van der Waals surface area contributed by atoms with Gasteiger partial charge >= 0.3 is 5.97 Å². The first-order valence-electron chi connectivity index (χ1n) is 12.2. The normalized spacial score (nSPS) is 41.0. The highest BCUT2D eigenvalue weighted by atomic mass is 16.5. The van der Waals surface area contributed by atoms with Gasteiger partial charge in [0.05, 0.1) is 6.10 Å². The molecule has 3 fully saturated rings. The predicted molar refractivity (Wildman–Crippen MR) is 124 cm³/mol. The largest absolute Gasteiger partial charge is 0.456 e. The van der Waals surface area contributed by atoms with Crippen molar-refractivity contribution in [1.29, 1.82) is 5.41 Å². The maximum atomic E-state index is 13.2. The van der Waals surface area contributed by atoms with E-state index in [9.17, 15) is 24.6 Å². The van der Waals surface area contributed by atoms with Gasteiger partial charge in [0.25, 0.3) is 0 Å². The fraction of sp³-hybridized carbons (Fsp3) is 0.760. The Balaban J connectivity index is 1.52. The Morgan fingerprint density at radius 1 is 1.26 bits per heavy atom. The molecule has 0 heterocycles. The lowest BCUT2D eigenvalue weighted by atomic mass is 9.45. The summed E-state index contributed by atoms with van der Waals surface area (Å²) >= 11 is 0. The van der Waals surface area contributed by atoms with Gasteiger partial charge in [-0.3, -0.25) is 19.8 Å². The third kappa shape index (κ3) is 3.68. The number of ketones is 2. The van der Waals surface area contributed by atoms with E-state index in [4.69, 9.17) is 15.9 Å². The average molecular weight is 476 g/mol. The summed E-state index contributed by atoms with van der Waals surface area (Å²) in [6.07, 6.45) is 5.16. The van der Waals surface area contributed by atoms with Gasteiger partial charge in [0, 0.05) is 18.9 Å². The zero-order valence-electron chi connectivity index (χ0n) is 20.3. The third-order valence-electron chi connectivity index (χ3n) is 9.65. The Morgan fingerprint density at radius 3 is 2.65 bits per heavy atom. The molecule has 0 aliphatic heterocycles. The van der Waals surface area contributed by atoms with Crippen LogP contribution in [0.2, 0.25) is 0 Å². The number of aliphatic hydroxyl groups is 2. The number of hydrogen-bond acceptors (Lipinski definition) is 7. The SMILES string of the molecule is CN(CC(=O)OCC(=O)[C@@]1(O)CC[C@H]2[C@@H]3CCC4=CC(=O)CC[C@]4(C)[C@H]3[C@@H](O)C[C@@]21C)C(=N)N. The highest BCUT2D eigenvalue weighted by molar-refractivity contribution is 5.92. The second-order valence-electron chi connectivity index (χ2n) is 11.3. The number of guanidine groups is 1. The maximum absolute atomic E-state index is 13.2. The quantitative estimate of drug-likeness (QED) is 0.262. The molecule has 4 aliphatic carbocycles. The van der Waals surface area contributed by atoms with Crippen LogP contribution in [0.5, 0.6) is 0 Å². The molecule has 0 saturated heterocycles. The lowest BCUT2D eigenvalue weighted by Gasteiger charge is -2.60. The van der Waals surface area contributed by atoms with Gasteiger partial charge in [-0.15, -0.1) is 0 Å². The Morgan fingerprint density at radius 2 is 1.97 bits per heavy atom. The summed E-state index contributed by atoms with van der Waals surface area (Å²) < 4.78 is 5.11. The van der Waals surface area contributed by atoms with Crippen molar-refractivity contribution in [2.24, 2.45) is 34.3 Å². The van der Waals surface area contributed by atoms with Crippen LogP contribution in [0.4, 0.5) is 0 Å². The number of likely N-dealkylation sites (N-methyl/N-ethyl adjacent to an activating group) is 1. The molecule has 0 radical (unpaired) electrons. The second kappa shape index (κ2) is 8.45. The third-order valence-corrected chi connectivity index (χ3v) is 9.65. The van der Waals surface area contributed by atoms with E-state index in [1.807, 2.05) is 6.92 Å². The lowest BCUT2D eigenvalue weighted by molar-refractivity contribution is -0.184. The van der Waals surface area contributed by atoms with Gasteiger partial charge in [0.2, 0.25) is 5.78 Å². The smallest absolute Gasteiger partial charge is 0.326 e. The van der Waals surface area contributed by atoms with E-state index in [1.165, 1.54) is 11.9 Å². The molecule has 0 aromatic heterocycles. The summed E-state index contributed by atoms with van der Waals surface area (Å²) in [7, 11) is 1.47. The summed E-state index contributed by atoms with van der Waals surface area (Å²) in [5.41, 5.74) is 3.72. The molecule has 9 heteroatoms. The number of aliphatic hydroxyl groups excluding tert-OH is 1. The summed E-state index contributed by atoms with van der Waals surface area (Å²) in [5, 5.41) is 30.4. The first-order valence-corrected chi connectivity index (χ1v) is 12.2. The van der Waals surface area contributed by atoms with Crippen LogP contribution in [0.25, 0.3) is 0 Å². The van der Waals surface area contributed by atoms with E-state index in [1.54, 1.807) is 6.08 Å². The minimum Gasteiger partial charge on any atom is -0.456 e. The van der Waals surface area contributed by atoms with Crippen molar-refractivity contribution in [2.75, 3.05) is 20.2 Å². The van der Waals surface area contributed by atoms with Crippen molar-refractivity contribution in [3.05, 3.63) is 11.6 Å². The van der Waals surface area contributed by atoms with Crippen LogP contribution < -0.4 is 5.73 Å². The van der Waals surface area contributed by atoms with E-state index < -0.39 is 35.5 Å². The first-order chi connectivity index (χ1) is 15.8. The van der Waals surface area contributed by atoms with Crippen LogP contribution in [0.15, 0.2) is 11.6 Å². The minimum atomic E-state index is -1.68. The monoisotopic (exact) mass is 475 g/mol. The Kier molecular flexibility index (Phi) is 6.17. The number of carbonyl (C=O) groups excluding carboxylic acids is 3. The fourth-order valence-electron chi connectivity index (χ4n) is 7.74. The topological polar surface area (TPSA) is 154 Å². The molecule has 5 N–H and O–H groups in total. The molecule has 4 aliphatic rings. The number of Topliss-reactive ketones (excluding diaryl/α,β-unsaturated/α-hetero) is 1. The van der Waals surface area contributed by atoms with Crippen molar-refractivity contribution in [1.82, 2.24) is 4.90 Å². The number of ether oxygens (including phenoxy) is 1. The molecule has 3 saturated carbocycles. The predicted octanol–water partition coefficient (Wildman–Crippen LogP) is 1.16. The molecule has 4 rings (SSSR count). The standard InChI is InChI=1S/C25H37N3O6/c1-23-8-6-15(29)10-14(23)4-5-16-17-7-9-25(33,24(17,2)11-18(30)21(16)23)19(31)13-34-20(32)12-28(3)22(26)27/h10,16-18,21,30,33H,4-9,11-13H2,1-3H3,(H3,26,27)/t16-,17-,18-,21+,23-,24-,25-/m0/s1. The van der Waals surface area contributed by atoms with Crippen LogP contribution in [0.1, 0.15) is 58.8 Å². The first kappa shape index (κ1) is 24.9. The van der Waals surface area contributed by atoms with E-state index in [-0.39, 0.29) is 47.9 Å². The van der Waals surface area contributed by atoms with Crippen molar-refractivity contribution in [3.63, 3.8) is 0 Å². The number of nitrogens with zero attached hydrogens (tertiary/aromatic N) is 1. The Hall–Kier alpha value is -2.26. The van der Waals surface area contributed by atoms with E-state index in [0.29, 0.717) is 19.3 Å². The molecule has 9 nitrogen and oxygen atoms in total. The molecule has 0 aromatic rings. The van der Waals surface area contributed by atoms with Gasteiger partial charge in [-0.1, -0.05) is 19.4 Å². The second-order valence-corrected chi connectivity index (χ2v) is 11.3. The van der Waals surface area contributed by atoms with Crippen molar-refractivity contribution >= 4 is 23.5 Å². The zero-order valence-corrected chi connectivity index (χ0v) is 20.3. The van der Waals surface area contributed by atoms with Gasteiger partial charge < -0.3 is 25.6 Å². The number of carbonyl (C=O) groups is 3. The average Bonchev–Trinajstić information content (AvgIpc) is 3.03. The molecular formula is C25H37N3O6. The number of fused-ring (bicyclic) bond motifs is 5. The van der Waals surface area contributed by atoms with Gasteiger partial charge in [0.15, 0.2) is 18.3 Å². The van der Waals surface area contributed by atoms with Crippen LogP contribution in [-0.4, -0.2) is 70.5 Å². The summed E-state index contributed by atoms with van der Waals surface area (Å²) in [4.78, 5) is 38.5. The minimum absolute atomic E-state index is 0.00364. The molecular weight excluding hydrogens is 438 g/mol. The van der Waals surface area contributed by atoms with E-state index in [2.05, 4.69) is 6.92 Å². The highest BCUT2D eigenvalue weighted by Gasteiger charge is 2.68. The molecule has 0 aromatic carbocycles. The van der Waals surface area contributed by atoms with Crippen LogP contribution in [0.3, 0.4) is 0 Å². The molecule has 0 spiro atoms. The summed E-state index contributed by atoms with van der Waals surface area (Å²) in [6.45, 7) is 3.24. The number of esters is 1. The molecule has 0 unspecified atom stereocenters. The fourth-order valence-corrected chi connectivity index (χ4v) is 7.74. The van der Waals surface area contributed by atoms with Gasteiger partial charge in [0.1, 0.15) is 12.1 Å². The molecule has 188 valence electrons. The van der Waals surface area contributed by atoms with Crippen LogP contribution in [-0.2, 0) is 19.1 Å². The Labute approximate surface area is 200 Å². The molecule has 7 atom stereocenters. The number of allylic oxidation sites excluding steroid dienone is 1. The van der Waals surface area contributed by atoms with E-state index >= 15 is 0 Å². The lowest BCUT2D eigenvalue weighted by Crippen LogP contribution is -2.62. The number of nitrogens with one attached hydrogen (secondary N) is 1. The van der Waals surface area contributed by atoms with Crippen LogP contribution in [0, 0.1) is 34.0 Å². The molecule has 0 amide bonds. The number of nitrogens with two attached hydrogens (primary N) is 1. The van der Waals surface area contributed by atoms with Gasteiger partial charge in [-0.05, 0) is 67.8 Å².